The van der Waals surface area contributed by atoms with Crippen LogP contribution in [0.5, 0.6) is 0 Å². The van der Waals surface area contributed by atoms with E-state index in [9.17, 15) is 13.9 Å². The van der Waals surface area contributed by atoms with E-state index in [0.29, 0.717) is 25.1 Å². The number of rotatable bonds is 3. The Labute approximate surface area is 127 Å². The van der Waals surface area contributed by atoms with Crippen molar-refractivity contribution in [3.05, 3.63) is 53.5 Å². The van der Waals surface area contributed by atoms with Crippen molar-refractivity contribution in [1.82, 2.24) is 9.97 Å². The van der Waals surface area contributed by atoms with Crippen LogP contribution in [0.15, 0.2) is 30.6 Å². The molecule has 1 aromatic heterocycles. The molecule has 116 valence electrons. The summed E-state index contributed by atoms with van der Waals surface area (Å²) in [7, 11) is 0. The first kappa shape index (κ1) is 14.8. The van der Waals surface area contributed by atoms with Gasteiger partial charge in [0.05, 0.1) is 17.8 Å². The van der Waals surface area contributed by atoms with Gasteiger partial charge in [0.15, 0.2) is 11.6 Å². The Balaban J connectivity index is 1.99. The van der Waals surface area contributed by atoms with Crippen LogP contribution in [-0.2, 0) is 6.42 Å². The first-order valence-corrected chi connectivity index (χ1v) is 7.29. The summed E-state index contributed by atoms with van der Waals surface area (Å²) in [5.74, 6) is -0.584. The molecular formula is C16H17F2N3O. The number of nitrogens with zero attached hydrogens (tertiary/aromatic N) is 3. The fourth-order valence-electron chi connectivity index (χ4n) is 2.89. The van der Waals surface area contributed by atoms with E-state index in [1.165, 1.54) is 18.5 Å². The van der Waals surface area contributed by atoms with Crippen LogP contribution in [0.25, 0.3) is 0 Å². The molecular weight excluding hydrogens is 288 g/mol. The number of β-amino-alcohol motifs (C(OH)–C–C–N with tert-alkyl or cyclic N) is 1. The SMILES string of the molecule is CCc1ncnc(N2C[C@H](O)C[C@H]2c2ccc(F)cc2)c1F. The molecule has 3 rings (SSSR count). The predicted molar refractivity (Wildman–Crippen MR) is 78.5 cm³/mol. The summed E-state index contributed by atoms with van der Waals surface area (Å²) in [6, 6.07) is 5.82. The minimum absolute atomic E-state index is 0.192. The van der Waals surface area contributed by atoms with Crippen molar-refractivity contribution in [3.8, 4) is 0 Å². The second-order valence-corrected chi connectivity index (χ2v) is 5.42. The second-order valence-electron chi connectivity index (χ2n) is 5.42. The Morgan fingerprint density at radius 1 is 1.23 bits per heavy atom. The van der Waals surface area contributed by atoms with Gasteiger partial charge >= 0.3 is 0 Å². The van der Waals surface area contributed by atoms with Crippen LogP contribution >= 0.6 is 0 Å². The Hall–Kier alpha value is -2.08. The van der Waals surface area contributed by atoms with E-state index in [-0.39, 0.29) is 17.7 Å². The highest BCUT2D eigenvalue weighted by molar-refractivity contribution is 5.46. The smallest absolute Gasteiger partial charge is 0.187 e. The monoisotopic (exact) mass is 305 g/mol. The summed E-state index contributed by atoms with van der Waals surface area (Å²) in [6.07, 6.45) is 1.69. The Morgan fingerprint density at radius 2 is 1.95 bits per heavy atom. The normalized spacial score (nSPS) is 21.4. The van der Waals surface area contributed by atoms with Crippen LogP contribution in [0.3, 0.4) is 0 Å². The standard InChI is InChI=1S/C16H17F2N3O/c1-2-13-15(18)16(20-9-19-13)21-8-12(22)7-14(21)10-3-5-11(17)6-4-10/h3-6,9,12,14,22H,2,7-8H2,1H3/t12-,14+/m1/s1. The quantitative estimate of drug-likeness (QED) is 0.947. The van der Waals surface area contributed by atoms with Crippen LogP contribution in [0, 0.1) is 11.6 Å². The van der Waals surface area contributed by atoms with E-state index >= 15 is 0 Å². The minimum Gasteiger partial charge on any atom is -0.391 e. The van der Waals surface area contributed by atoms with Crippen molar-refractivity contribution >= 4 is 5.82 Å². The molecule has 0 unspecified atom stereocenters. The molecule has 2 aromatic rings. The summed E-state index contributed by atoms with van der Waals surface area (Å²) in [5, 5.41) is 9.98. The number of anilines is 1. The van der Waals surface area contributed by atoms with Gasteiger partial charge in [-0.2, -0.15) is 0 Å². The van der Waals surface area contributed by atoms with Gasteiger partial charge in [-0.1, -0.05) is 19.1 Å². The highest BCUT2D eigenvalue weighted by atomic mass is 19.1. The molecule has 0 spiro atoms. The molecule has 1 aliphatic heterocycles. The van der Waals surface area contributed by atoms with Crippen LogP contribution in [0.2, 0.25) is 0 Å². The van der Waals surface area contributed by atoms with Crippen molar-refractivity contribution in [2.24, 2.45) is 0 Å². The van der Waals surface area contributed by atoms with E-state index in [4.69, 9.17) is 0 Å². The van der Waals surface area contributed by atoms with Gasteiger partial charge in [-0.05, 0) is 30.5 Å². The molecule has 4 nitrogen and oxygen atoms in total. The van der Waals surface area contributed by atoms with Crippen molar-refractivity contribution < 1.29 is 13.9 Å². The van der Waals surface area contributed by atoms with E-state index in [0.717, 1.165) is 5.56 Å². The lowest BCUT2D eigenvalue weighted by Gasteiger charge is -2.26. The van der Waals surface area contributed by atoms with Gasteiger partial charge in [0.25, 0.3) is 0 Å². The van der Waals surface area contributed by atoms with E-state index in [1.54, 1.807) is 17.0 Å². The topological polar surface area (TPSA) is 49.2 Å². The molecule has 22 heavy (non-hydrogen) atoms. The van der Waals surface area contributed by atoms with Gasteiger partial charge < -0.3 is 10.0 Å². The minimum atomic E-state index is -0.575. The zero-order valence-electron chi connectivity index (χ0n) is 12.2. The maximum Gasteiger partial charge on any atom is 0.187 e. The fourth-order valence-corrected chi connectivity index (χ4v) is 2.89. The van der Waals surface area contributed by atoms with Crippen molar-refractivity contribution in [2.45, 2.75) is 31.9 Å². The van der Waals surface area contributed by atoms with Gasteiger partial charge in [0.2, 0.25) is 0 Å². The first-order chi connectivity index (χ1) is 10.6. The average molecular weight is 305 g/mol. The zero-order chi connectivity index (χ0) is 15.7. The third kappa shape index (κ3) is 2.66. The fraction of sp³-hybridized carbons (Fsp3) is 0.375. The number of hydrogen-bond donors (Lipinski definition) is 1. The molecule has 1 N–H and O–H groups in total. The van der Waals surface area contributed by atoms with Gasteiger partial charge in [0, 0.05) is 6.54 Å². The van der Waals surface area contributed by atoms with Gasteiger partial charge in [-0.3, -0.25) is 0 Å². The van der Waals surface area contributed by atoms with E-state index < -0.39 is 11.9 Å². The molecule has 0 saturated carbocycles. The van der Waals surface area contributed by atoms with E-state index in [2.05, 4.69) is 9.97 Å². The lowest BCUT2D eigenvalue weighted by molar-refractivity contribution is 0.194. The highest BCUT2D eigenvalue weighted by Gasteiger charge is 2.34. The van der Waals surface area contributed by atoms with Crippen LogP contribution in [0.1, 0.15) is 30.6 Å². The number of aliphatic hydroxyl groups is 1. The Kier molecular flexibility index (Phi) is 4.02. The van der Waals surface area contributed by atoms with Gasteiger partial charge in [0.1, 0.15) is 12.1 Å². The molecule has 2 heterocycles. The molecule has 6 heteroatoms. The third-order valence-corrected chi connectivity index (χ3v) is 3.98. The molecule has 2 atom stereocenters. The number of aromatic nitrogens is 2. The molecule has 0 radical (unpaired) electrons. The number of benzene rings is 1. The maximum absolute atomic E-state index is 14.5. The molecule has 0 bridgehead atoms. The summed E-state index contributed by atoms with van der Waals surface area (Å²) >= 11 is 0. The zero-order valence-corrected chi connectivity index (χ0v) is 12.2. The molecule has 1 aromatic carbocycles. The van der Waals surface area contributed by atoms with Gasteiger partial charge in [-0.25, -0.2) is 18.7 Å². The molecule has 0 aliphatic carbocycles. The van der Waals surface area contributed by atoms with Crippen molar-refractivity contribution in [2.75, 3.05) is 11.4 Å². The highest BCUT2D eigenvalue weighted by Crippen LogP contribution is 2.36. The van der Waals surface area contributed by atoms with Crippen molar-refractivity contribution in [1.29, 1.82) is 0 Å². The van der Waals surface area contributed by atoms with Crippen LogP contribution in [0.4, 0.5) is 14.6 Å². The number of aliphatic hydroxyl groups excluding tert-OH is 1. The van der Waals surface area contributed by atoms with E-state index in [1.807, 2.05) is 6.92 Å². The summed E-state index contributed by atoms with van der Waals surface area (Å²) < 4.78 is 27.6. The predicted octanol–water partition coefficient (Wildman–Crippen LogP) is 2.63. The maximum atomic E-state index is 14.5. The summed E-state index contributed by atoms with van der Waals surface area (Å²) in [4.78, 5) is 9.71. The molecule has 0 amide bonds. The van der Waals surface area contributed by atoms with Crippen LogP contribution < -0.4 is 4.90 Å². The summed E-state index contributed by atoms with van der Waals surface area (Å²) in [6.45, 7) is 2.12. The Morgan fingerprint density at radius 3 is 2.64 bits per heavy atom. The lowest BCUT2D eigenvalue weighted by atomic mass is 10.0. The van der Waals surface area contributed by atoms with Crippen molar-refractivity contribution in [3.63, 3.8) is 0 Å². The molecule has 1 saturated heterocycles. The number of halogens is 2. The first-order valence-electron chi connectivity index (χ1n) is 7.29. The van der Waals surface area contributed by atoms with Gasteiger partial charge in [-0.15, -0.1) is 0 Å². The average Bonchev–Trinajstić information content (AvgIpc) is 2.90. The lowest BCUT2D eigenvalue weighted by Crippen LogP contribution is -2.27. The Bertz CT molecular complexity index is 663. The number of hydrogen-bond acceptors (Lipinski definition) is 4. The molecule has 1 aliphatic rings. The second kappa shape index (κ2) is 5.96. The van der Waals surface area contributed by atoms with Crippen LogP contribution in [-0.4, -0.2) is 27.7 Å². The number of aryl methyl sites for hydroxylation is 1. The third-order valence-electron chi connectivity index (χ3n) is 3.98. The largest absolute Gasteiger partial charge is 0.391 e. The molecule has 1 fully saturated rings. The summed E-state index contributed by atoms with van der Waals surface area (Å²) in [5.41, 5.74) is 1.18.